The van der Waals surface area contributed by atoms with E-state index in [2.05, 4.69) is 13.5 Å². The van der Waals surface area contributed by atoms with Gasteiger partial charge >= 0.3 is 5.97 Å². The fourth-order valence-corrected chi connectivity index (χ4v) is 4.61. The van der Waals surface area contributed by atoms with Crippen molar-refractivity contribution in [3.05, 3.63) is 81.9 Å². The van der Waals surface area contributed by atoms with Crippen molar-refractivity contribution in [3.63, 3.8) is 0 Å². The second kappa shape index (κ2) is 11.4. The van der Waals surface area contributed by atoms with Crippen molar-refractivity contribution < 1.29 is 19.7 Å². The van der Waals surface area contributed by atoms with E-state index in [0.717, 1.165) is 42.4 Å². The summed E-state index contributed by atoms with van der Waals surface area (Å²) in [5.41, 5.74) is 3.73. The van der Waals surface area contributed by atoms with Gasteiger partial charge in [0.15, 0.2) is 0 Å². The van der Waals surface area contributed by atoms with Crippen molar-refractivity contribution in [2.75, 3.05) is 0 Å². The van der Waals surface area contributed by atoms with Gasteiger partial charge in [0.1, 0.15) is 18.1 Å². The van der Waals surface area contributed by atoms with Crippen molar-refractivity contribution in [1.82, 2.24) is 0 Å². The highest BCUT2D eigenvalue weighted by Gasteiger charge is 2.33. The Hall–Kier alpha value is -2.72. The van der Waals surface area contributed by atoms with E-state index in [-0.39, 0.29) is 35.9 Å². The third-order valence-electron chi connectivity index (χ3n) is 6.32. The van der Waals surface area contributed by atoms with E-state index in [4.69, 9.17) is 16.3 Å². The molecule has 0 spiro atoms. The summed E-state index contributed by atoms with van der Waals surface area (Å²) in [5.74, 6) is -0.598. The molecular weight excluding hydrogens is 436 g/mol. The van der Waals surface area contributed by atoms with Crippen LogP contribution in [0.25, 0.3) is 0 Å². The molecule has 176 valence electrons. The van der Waals surface area contributed by atoms with E-state index < -0.39 is 0 Å². The molecule has 0 fully saturated rings. The van der Waals surface area contributed by atoms with Crippen molar-refractivity contribution in [3.8, 4) is 11.5 Å². The Morgan fingerprint density at radius 2 is 1.79 bits per heavy atom. The zero-order valence-electron chi connectivity index (χ0n) is 19.4. The zero-order chi connectivity index (χ0) is 24.0. The van der Waals surface area contributed by atoms with Gasteiger partial charge < -0.3 is 14.9 Å². The van der Waals surface area contributed by atoms with Crippen LogP contribution in [0.3, 0.4) is 0 Å². The van der Waals surface area contributed by atoms with Gasteiger partial charge in [-0.2, -0.15) is 0 Å². The minimum Gasteiger partial charge on any atom is -0.507 e. The van der Waals surface area contributed by atoms with Gasteiger partial charge in [0.05, 0.1) is 0 Å². The molecule has 0 heterocycles. The number of carbonyl (C=O) groups is 1. The third kappa shape index (κ3) is 6.42. The molecule has 2 aromatic carbocycles. The standard InChI is InChI=1S/C28H33ClO4/c1-4-5-6-7-20-14-25(30)27(26(31)15-20)24-16-21(10-13-23(24)18(2)3)28(32)33-17-19-8-11-22(29)12-9-19/h8-9,11-12,14-16,23-24,30-31H,2,4-7,10,13,17H2,1,3H3/t23-,24+/m0/s1. The molecule has 0 amide bonds. The molecule has 2 N–H and O–H groups in total. The number of hydrogen-bond donors (Lipinski definition) is 2. The van der Waals surface area contributed by atoms with Gasteiger partial charge in [-0.05, 0) is 73.9 Å². The lowest BCUT2D eigenvalue weighted by molar-refractivity contribution is -0.140. The number of rotatable bonds is 9. The smallest absolute Gasteiger partial charge is 0.334 e. The molecule has 0 aromatic heterocycles. The number of phenols is 2. The highest BCUT2D eigenvalue weighted by atomic mass is 35.5. The summed E-state index contributed by atoms with van der Waals surface area (Å²) >= 11 is 5.91. The number of phenolic OH excluding ortho intramolecular Hbond substituents is 2. The van der Waals surface area contributed by atoms with E-state index in [0.29, 0.717) is 29.0 Å². The van der Waals surface area contributed by atoms with Gasteiger partial charge in [0, 0.05) is 22.1 Å². The molecule has 0 aliphatic heterocycles. The van der Waals surface area contributed by atoms with Gasteiger partial charge in [-0.3, -0.25) is 0 Å². The minimum absolute atomic E-state index is 0.0144. The van der Waals surface area contributed by atoms with E-state index in [1.165, 1.54) is 0 Å². The predicted molar refractivity (Wildman–Crippen MR) is 133 cm³/mol. The summed E-state index contributed by atoms with van der Waals surface area (Å²) in [6, 6.07) is 10.6. The van der Waals surface area contributed by atoms with Crippen molar-refractivity contribution >= 4 is 17.6 Å². The number of halogens is 1. The highest BCUT2D eigenvalue weighted by molar-refractivity contribution is 6.30. The molecule has 0 radical (unpaired) electrons. The van der Waals surface area contributed by atoms with Crippen molar-refractivity contribution in [2.24, 2.45) is 5.92 Å². The lowest BCUT2D eigenvalue weighted by atomic mass is 9.73. The Bertz CT molecular complexity index is 1000. The molecule has 2 aromatic rings. The number of carbonyl (C=O) groups excluding carboxylic acids is 1. The molecular formula is C28H33ClO4. The van der Waals surface area contributed by atoms with Gasteiger partial charge in [0.25, 0.3) is 0 Å². The average Bonchev–Trinajstić information content (AvgIpc) is 2.78. The van der Waals surface area contributed by atoms with Crippen molar-refractivity contribution in [1.29, 1.82) is 0 Å². The van der Waals surface area contributed by atoms with Gasteiger partial charge in [-0.15, -0.1) is 0 Å². The number of benzene rings is 2. The van der Waals surface area contributed by atoms with Crippen LogP contribution in [0.1, 0.15) is 68.6 Å². The Balaban J connectivity index is 1.83. The molecule has 33 heavy (non-hydrogen) atoms. The fraction of sp³-hybridized carbons (Fsp3) is 0.393. The lowest BCUT2D eigenvalue weighted by Gasteiger charge is -2.31. The first-order valence-electron chi connectivity index (χ1n) is 11.6. The van der Waals surface area contributed by atoms with Crippen molar-refractivity contribution in [2.45, 2.75) is 64.9 Å². The Labute approximate surface area is 201 Å². The summed E-state index contributed by atoms with van der Waals surface area (Å²) in [7, 11) is 0. The molecule has 5 heteroatoms. The van der Waals surface area contributed by atoms with Crippen LogP contribution in [0, 0.1) is 5.92 Å². The average molecular weight is 469 g/mol. The summed E-state index contributed by atoms with van der Waals surface area (Å²) in [5, 5.41) is 22.3. The van der Waals surface area contributed by atoms with Crippen LogP contribution in [-0.4, -0.2) is 16.2 Å². The number of allylic oxidation sites excluding steroid dienone is 2. The van der Waals surface area contributed by atoms with Crippen LogP contribution in [0.5, 0.6) is 11.5 Å². The molecule has 0 saturated heterocycles. The first-order valence-corrected chi connectivity index (χ1v) is 12.0. The molecule has 0 bridgehead atoms. The quantitative estimate of drug-likeness (QED) is 0.231. The van der Waals surface area contributed by atoms with E-state index in [9.17, 15) is 15.0 Å². The predicted octanol–water partition coefficient (Wildman–Crippen LogP) is 7.22. The summed E-state index contributed by atoms with van der Waals surface area (Å²) < 4.78 is 5.52. The van der Waals surface area contributed by atoms with Crippen LogP contribution in [0.2, 0.25) is 5.02 Å². The summed E-state index contributed by atoms with van der Waals surface area (Å²) in [6.07, 6.45) is 7.12. The number of aromatic hydroxyl groups is 2. The first kappa shape index (κ1) is 24.9. The van der Waals surface area contributed by atoms with Crippen LogP contribution >= 0.6 is 11.6 Å². The number of esters is 1. The third-order valence-corrected chi connectivity index (χ3v) is 6.57. The topological polar surface area (TPSA) is 66.8 Å². The summed E-state index contributed by atoms with van der Waals surface area (Å²) in [6.45, 7) is 8.36. The maximum atomic E-state index is 12.8. The zero-order valence-corrected chi connectivity index (χ0v) is 20.2. The molecule has 0 unspecified atom stereocenters. The maximum Gasteiger partial charge on any atom is 0.334 e. The fourth-order valence-electron chi connectivity index (χ4n) is 4.48. The van der Waals surface area contributed by atoms with Gasteiger partial charge in [-0.1, -0.05) is 61.7 Å². The molecule has 1 aliphatic rings. The van der Waals surface area contributed by atoms with Gasteiger partial charge in [0.2, 0.25) is 0 Å². The number of aryl methyl sites for hydroxylation is 1. The SMILES string of the molecule is C=C(C)[C@@H]1CCC(C(=O)OCc2ccc(Cl)cc2)=C[C@H]1c1c(O)cc(CCCCC)cc1O. The van der Waals surface area contributed by atoms with E-state index in [1.54, 1.807) is 24.3 Å². The number of hydrogen-bond acceptors (Lipinski definition) is 4. The monoisotopic (exact) mass is 468 g/mol. The van der Waals surface area contributed by atoms with Crippen LogP contribution in [0.4, 0.5) is 0 Å². The second-order valence-electron chi connectivity index (χ2n) is 8.92. The lowest BCUT2D eigenvalue weighted by Crippen LogP contribution is -2.21. The van der Waals surface area contributed by atoms with E-state index in [1.807, 2.05) is 25.1 Å². The Morgan fingerprint density at radius 3 is 2.39 bits per heavy atom. The van der Waals surface area contributed by atoms with E-state index >= 15 is 0 Å². The largest absolute Gasteiger partial charge is 0.507 e. The molecule has 1 aliphatic carbocycles. The molecule has 3 rings (SSSR count). The molecule has 0 saturated carbocycles. The maximum absolute atomic E-state index is 12.8. The first-order chi connectivity index (χ1) is 15.8. The van der Waals surface area contributed by atoms with Crippen LogP contribution in [-0.2, 0) is 22.6 Å². The second-order valence-corrected chi connectivity index (χ2v) is 9.35. The van der Waals surface area contributed by atoms with Gasteiger partial charge in [-0.25, -0.2) is 4.79 Å². The Morgan fingerprint density at radius 1 is 1.12 bits per heavy atom. The summed E-state index contributed by atoms with van der Waals surface area (Å²) in [4.78, 5) is 12.8. The minimum atomic E-state index is -0.384. The Kier molecular flexibility index (Phi) is 8.62. The van der Waals surface area contributed by atoms with Crippen LogP contribution < -0.4 is 0 Å². The molecule has 2 atom stereocenters. The normalized spacial score (nSPS) is 18.0. The molecule has 4 nitrogen and oxygen atoms in total. The number of unbranched alkanes of at least 4 members (excludes halogenated alkanes) is 2. The highest BCUT2D eigenvalue weighted by Crippen LogP contribution is 2.46. The number of ether oxygens (including phenoxy) is 1. The van der Waals surface area contributed by atoms with Crippen LogP contribution in [0.15, 0.2) is 60.2 Å².